The van der Waals surface area contributed by atoms with Crippen LogP contribution in [-0.2, 0) is 11.2 Å². The number of hydrogen-bond donors (Lipinski definition) is 2. The molecule has 0 bridgehead atoms. The summed E-state index contributed by atoms with van der Waals surface area (Å²) in [4.78, 5) is 13.1. The number of aliphatic carboxylic acids is 1. The number of carbonyl (C=O) groups is 1. The van der Waals surface area contributed by atoms with Gasteiger partial charge >= 0.3 is 5.97 Å². The van der Waals surface area contributed by atoms with Crippen LogP contribution in [0, 0.1) is 11.6 Å². The molecule has 1 aromatic heterocycles. The molecule has 0 spiro atoms. The highest BCUT2D eigenvalue weighted by molar-refractivity contribution is 5.87. The highest BCUT2D eigenvalue weighted by Crippen LogP contribution is 2.23. The van der Waals surface area contributed by atoms with E-state index in [9.17, 15) is 13.6 Å². The summed E-state index contributed by atoms with van der Waals surface area (Å²) in [6.07, 6.45) is 1.09. The SMILES string of the molecule is O=C(O)Cc1c[nH]c2cc(F)cc(F)c12. The molecule has 78 valence electrons. The highest BCUT2D eigenvalue weighted by Gasteiger charge is 2.12. The lowest BCUT2D eigenvalue weighted by molar-refractivity contribution is -0.136. The van der Waals surface area contributed by atoms with Crippen LogP contribution in [0.25, 0.3) is 10.9 Å². The molecule has 0 saturated carbocycles. The number of nitrogens with one attached hydrogen (secondary N) is 1. The second kappa shape index (κ2) is 3.34. The number of hydrogen-bond acceptors (Lipinski definition) is 1. The molecule has 2 rings (SSSR count). The van der Waals surface area contributed by atoms with E-state index in [1.165, 1.54) is 6.20 Å². The summed E-state index contributed by atoms with van der Waals surface area (Å²) in [6.45, 7) is 0. The number of H-pyrrole nitrogens is 1. The molecule has 0 radical (unpaired) electrons. The fourth-order valence-electron chi connectivity index (χ4n) is 1.55. The summed E-state index contributed by atoms with van der Waals surface area (Å²) in [6, 6.07) is 1.87. The molecule has 5 heteroatoms. The first-order valence-corrected chi connectivity index (χ1v) is 4.24. The minimum Gasteiger partial charge on any atom is -0.481 e. The van der Waals surface area contributed by atoms with Crippen molar-refractivity contribution in [3.8, 4) is 0 Å². The van der Waals surface area contributed by atoms with E-state index in [-0.39, 0.29) is 17.3 Å². The quantitative estimate of drug-likeness (QED) is 0.798. The van der Waals surface area contributed by atoms with Gasteiger partial charge in [0.05, 0.1) is 11.9 Å². The molecule has 0 fully saturated rings. The Balaban J connectivity index is 2.63. The predicted molar refractivity (Wildman–Crippen MR) is 49.6 cm³/mol. The Morgan fingerprint density at radius 2 is 2.13 bits per heavy atom. The van der Waals surface area contributed by atoms with Gasteiger partial charge < -0.3 is 10.1 Å². The van der Waals surface area contributed by atoms with E-state index in [1.807, 2.05) is 0 Å². The average Bonchev–Trinajstić information content (AvgIpc) is 2.46. The van der Waals surface area contributed by atoms with Crippen LogP contribution in [0.15, 0.2) is 18.3 Å². The van der Waals surface area contributed by atoms with Crippen molar-refractivity contribution in [1.29, 1.82) is 0 Å². The maximum atomic E-state index is 13.3. The molecule has 0 amide bonds. The molecule has 0 saturated heterocycles. The zero-order valence-corrected chi connectivity index (χ0v) is 7.55. The van der Waals surface area contributed by atoms with Crippen molar-refractivity contribution in [2.45, 2.75) is 6.42 Å². The van der Waals surface area contributed by atoms with Crippen molar-refractivity contribution in [3.63, 3.8) is 0 Å². The lowest BCUT2D eigenvalue weighted by Gasteiger charge is -1.97. The number of benzene rings is 1. The van der Waals surface area contributed by atoms with E-state index in [0.29, 0.717) is 5.56 Å². The van der Waals surface area contributed by atoms with Gasteiger partial charge in [0.25, 0.3) is 0 Å². The predicted octanol–water partition coefficient (Wildman–Crippen LogP) is 2.07. The van der Waals surface area contributed by atoms with E-state index >= 15 is 0 Å². The monoisotopic (exact) mass is 211 g/mol. The Morgan fingerprint density at radius 1 is 1.40 bits per heavy atom. The van der Waals surface area contributed by atoms with Gasteiger partial charge in [-0.3, -0.25) is 4.79 Å². The van der Waals surface area contributed by atoms with Crippen LogP contribution >= 0.6 is 0 Å². The normalized spacial score (nSPS) is 10.8. The summed E-state index contributed by atoms with van der Waals surface area (Å²) in [5, 5.41) is 8.72. The Morgan fingerprint density at radius 3 is 2.80 bits per heavy atom. The average molecular weight is 211 g/mol. The number of rotatable bonds is 2. The third-order valence-corrected chi connectivity index (χ3v) is 2.12. The van der Waals surface area contributed by atoms with Crippen LogP contribution in [-0.4, -0.2) is 16.1 Å². The molecule has 0 aliphatic rings. The van der Waals surface area contributed by atoms with E-state index in [4.69, 9.17) is 5.11 Å². The fraction of sp³-hybridized carbons (Fsp3) is 0.100. The van der Waals surface area contributed by atoms with Crippen molar-refractivity contribution in [1.82, 2.24) is 4.98 Å². The van der Waals surface area contributed by atoms with Crippen LogP contribution in [0.4, 0.5) is 8.78 Å². The van der Waals surface area contributed by atoms with Gasteiger partial charge in [-0.1, -0.05) is 0 Å². The van der Waals surface area contributed by atoms with Crippen molar-refractivity contribution in [2.75, 3.05) is 0 Å². The van der Waals surface area contributed by atoms with Gasteiger partial charge in [0, 0.05) is 17.6 Å². The maximum absolute atomic E-state index is 13.3. The number of carboxylic acids is 1. The molecule has 0 atom stereocenters. The first-order valence-electron chi connectivity index (χ1n) is 4.24. The molecule has 0 aliphatic carbocycles. The lowest BCUT2D eigenvalue weighted by atomic mass is 10.1. The Kier molecular flexibility index (Phi) is 2.15. The third kappa shape index (κ3) is 1.68. The molecular weight excluding hydrogens is 204 g/mol. The van der Waals surface area contributed by atoms with Crippen molar-refractivity contribution in [3.05, 3.63) is 35.5 Å². The Bertz CT molecular complexity index is 533. The third-order valence-electron chi connectivity index (χ3n) is 2.12. The van der Waals surface area contributed by atoms with Crippen LogP contribution in [0.3, 0.4) is 0 Å². The standard InChI is InChI=1S/C10H7F2NO2/c11-6-2-7(12)10-5(1-9(14)15)4-13-8(10)3-6/h2-4,13H,1H2,(H,14,15). The first kappa shape index (κ1) is 9.64. The number of aromatic nitrogens is 1. The second-order valence-corrected chi connectivity index (χ2v) is 3.19. The summed E-state index contributed by atoms with van der Waals surface area (Å²) in [5.41, 5.74) is 0.582. The minimum absolute atomic E-state index is 0.138. The molecule has 2 N–H and O–H groups in total. The van der Waals surface area contributed by atoms with Gasteiger partial charge in [0.1, 0.15) is 11.6 Å². The number of carboxylic acid groups (broad SMARTS) is 1. The van der Waals surface area contributed by atoms with Crippen LogP contribution in [0.2, 0.25) is 0 Å². The molecule has 1 heterocycles. The highest BCUT2D eigenvalue weighted by atomic mass is 19.1. The van der Waals surface area contributed by atoms with Gasteiger partial charge in [-0.15, -0.1) is 0 Å². The summed E-state index contributed by atoms with van der Waals surface area (Å²) in [7, 11) is 0. The maximum Gasteiger partial charge on any atom is 0.307 e. The van der Waals surface area contributed by atoms with Crippen LogP contribution < -0.4 is 0 Å². The zero-order valence-electron chi connectivity index (χ0n) is 7.55. The second-order valence-electron chi connectivity index (χ2n) is 3.19. The minimum atomic E-state index is -1.06. The fourth-order valence-corrected chi connectivity index (χ4v) is 1.55. The molecule has 1 aromatic carbocycles. The van der Waals surface area contributed by atoms with Crippen molar-refractivity contribution < 1.29 is 18.7 Å². The Labute approximate surface area is 83.3 Å². The van der Waals surface area contributed by atoms with E-state index in [0.717, 1.165) is 12.1 Å². The van der Waals surface area contributed by atoms with Gasteiger partial charge in [-0.25, -0.2) is 8.78 Å². The first-order chi connectivity index (χ1) is 7.08. The van der Waals surface area contributed by atoms with E-state index in [2.05, 4.69) is 4.98 Å². The molecule has 0 unspecified atom stereocenters. The lowest BCUT2D eigenvalue weighted by Crippen LogP contribution is -1.99. The largest absolute Gasteiger partial charge is 0.481 e. The molecular formula is C10H7F2NO2. The number of fused-ring (bicyclic) bond motifs is 1. The van der Waals surface area contributed by atoms with Crippen molar-refractivity contribution in [2.24, 2.45) is 0 Å². The van der Waals surface area contributed by atoms with Gasteiger partial charge in [0.15, 0.2) is 0 Å². The van der Waals surface area contributed by atoms with Crippen LogP contribution in [0.1, 0.15) is 5.56 Å². The molecule has 3 nitrogen and oxygen atoms in total. The Hall–Kier alpha value is -1.91. The number of halogens is 2. The van der Waals surface area contributed by atoms with Gasteiger partial charge in [-0.05, 0) is 11.6 Å². The van der Waals surface area contributed by atoms with Crippen LogP contribution in [0.5, 0.6) is 0 Å². The summed E-state index contributed by atoms with van der Waals surface area (Å²) >= 11 is 0. The molecule has 2 aromatic rings. The molecule has 0 aliphatic heterocycles. The smallest absolute Gasteiger partial charge is 0.307 e. The number of aromatic amines is 1. The summed E-state index contributed by atoms with van der Waals surface area (Å²) in [5.74, 6) is -2.49. The summed E-state index contributed by atoms with van der Waals surface area (Å²) < 4.78 is 26.1. The topological polar surface area (TPSA) is 53.1 Å². The van der Waals surface area contributed by atoms with Gasteiger partial charge in [-0.2, -0.15) is 0 Å². The van der Waals surface area contributed by atoms with Gasteiger partial charge in [0.2, 0.25) is 0 Å². The van der Waals surface area contributed by atoms with E-state index < -0.39 is 17.6 Å². The zero-order chi connectivity index (χ0) is 11.0. The van der Waals surface area contributed by atoms with E-state index in [1.54, 1.807) is 0 Å². The van der Waals surface area contributed by atoms with Crippen molar-refractivity contribution >= 4 is 16.9 Å². The molecule has 15 heavy (non-hydrogen) atoms.